The lowest BCUT2D eigenvalue weighted by Crippen LogP contribution is -2.69. The normalized spacial score (nSPS) is 15.1. The van der Waals surface area contributed by atoms with E-state index in [1.807, 2.05) is 0 Å². The summed E-state index contributed by atoms with van der Waals surface area (Å²) >= 11 is 0. The van der Waals surface area contributed by atoms with Gasteiger partial charge in [-0.05, 0) is 12.5 Å². The lowest BCUT2D eigenvalue weighted by atomic mass is 9.96. The van der Waals surface area contributed by atoms with Crippen LogP contribution < -0.4 is 34.1 Å². The molecule has 0 N–H and O–H groups in total. The maximum Gasteiger partial charge on any atom is 0.345 e. The average molecular weight is 352 g/mol. The monoisotopic (exact) mass is 352 g/mol. The zero-order valence-electron chi connectivity index (χ0n) is 12.7. The molecule has 12 nitrogen and oxygen atoms in total. The van der Waals surface area contributed by atoms with E-state index in [0.717, 1.165) is 26.9 Å². The smallest absolute Gasteiger partial charge is 0.247 e. The first-order valence-corrected chi connectivity index (χ1v) is 7.61. The van der Waals surface area contributed by atoms with Gasteiger partial charge < -0.3 is 0 Å². The fourth-order valence-electron chi connectivity index (χ4n) is 4.70. The number of nitrogens with zero attached hydrogens (tertiary/aromatic N) is 6. The maximum atomic E-state index is 12.6. The van der Waals surface area contributed by atoms with E-state index >= 15 is 0 Å². The van der Waals surface area contributed by atoms with Crippen LogP contribution in [0.25, 0.3) is 22.2 Å². The summed E-state index contributed by atoms with van der Waals surface area (Å²) in [6.07, 6.45) is -0.916. The van der Waals surface area contributed by atoms with Crippen molar-refractivity contribution in [1.29, 1.82) is 0 Å². The molecule has 0 unspecified atom stereocenters. The molecule has 0 fully saturated rings. The van der Waals surface area contributed by atoms with Crippen molar-refractivity contribution < 1.29 is 0 Å². The Morgan fingerprint density at radius 1 is 0.615 bits per heavy atom. The molecule has 0 atom stereocenters. The highest BCUT2D eigenvalue weighted by Gasteiger charge is 2.47. The van der Waals surface area contributed by atoms with Crippen LogP contribution >= 0.6 is 0 Å². The third kappa shape index (κ3) is 0.788. The first-order chi connectivity index (χ1) is 12.4. The third-order valence-corrected chi connectivity index (χ3v) is 5.68. The van der Waals surface area contributed by atoms with E-state index in [2.05, 4.69) is 0 Å². The molecule has 4 aliphatic rings. The van der Waals surface area contributed by atoms with Crippen molar-refractivity contribution in [1.82, 2.24) is 26.9 Å². The molecule has 9 heterocycles. The molecular formula is C14H4N6O6. The van der Waals surface area contributed by atoms with Crippen molar-refractivity contribution in [3.63, 3.8) is 0 Å². The van der Waals surface area contributed by atoms with Crippen molar-refractivity contribution in [2.24, 2.45) is 0 Å². The zero-order valence-corrected chi connectivity index (χ0v) is 12.7. The number of hydrogen-bond donors (Lipinski definition) is 0. The van der Waals surface area contributed by atoms with E-state index in [9.17, 15) is 28.8 Å². The predicted molar refractivity (Wildman–Crippen MR) is 84.1 cm³/mol. The van der Waals surface area contributed by atoms with Gasteiger partial charge in [0.05, 0.1) is 11.2 Å². The molecule has 5 aromatic heterocycles. The van der Waals surface area contributed by atoms with Gasteiger partial charge in [0, 0.05) is 5.56 Å². The van der Waals surface area contributed by atoms with E-state index in [1.165, 1.54) is 0 Å². The Kier molecular flexibility index (Phi) is 1.43. The van der Waals surface area contributed by atoms with Crippen LogP contribution in [0.15, 0.2) is 28.8 Å². The van der Waals surface area contributed by atoms with Gasteiger partial charge in [0.2, 0.25) is 0 Å². The fraction of sp³-hybridized carbons (Fsp3) is 0.143. The van der Waals surface area contributed by atoms with Crippen LogP contribution in [0.3, 0.4) is 0 Å². The van der Waals surface area contributed by atoms with Gasteiger partial charge in [-0.1, -0.05) is 0 Å². The summed E-state index contributed by atoms with van der Waals surface area (Å²) in [6.45, 7) is 1.63. The largest absolute Gasteiger partial charge is 0.345 e. The van der Waals surface area contributed by atoms with Crippen molar-refractivity contribution >= 4 is 16.6 Å². The first kappa shape index (κ1) is 12.4. The van der Waals surface area contributed by atoms with Gasteiger partial charge in [-0.25, -0.2) is 55.7 Å². The molecule has 0 saturated carbocycles. The van der Waals surface area contributed by atoms with Crippen LogP contribution in [0, 0.1) is 6.92 Å². The van der Waals surface area contributed by atoms with E-state index in [-0.39, 0.29) is 22.2 Å². The number of rotatable bonds is 0. The zero-order chi connectivity index (χ0) is 18.0. The van der Waals surface area contributed by atoms with E-state index in [4.69, 9.17) is 0 Å². The molecule has 10 rings (SSSR count). The van der Waals surface area contributed by atoms with E-state index < -0.39 is 40.3 Å². The maximum absolute atomic E-state index is 12.6. The molecular weight excluding hydrogens is 348 g/mol. The van der Waals surface area contributed by atoms with Crippen LogP contribution in [-0.2, 0) is 0 Å². The Labute approximate surface area is 137 Å². The van der Waals surface area contributed by atoms with Crippen LogP contribution in [0.2, 0.25) is 0 Å². The van der Waals surface area contributed by atoms with E-state index in [1.54, 1.807) is 6.92 Å². The SMILES string of the molecule is Cc1c2c(c3c4c1n1c(=O)n3c(=O)n4c1=O)-n1c(=O)n3c(=O)n(c1=O)C23. The molecule has 26 heavy (non-hydrogen) atoms. The van der Waals surface area contributed by atoms with Crippen LogP contribution in [0.1, 0.15) is 17.3 Å². The Hall–Kier alpha value is -3.96. The van der Waals surface area contributed by atoms with Crippen molar-refractivity contribution in [2.45, 2.75) is 13.1 Å². The lowest BCUT2D eigenvalue weighted by molar-refractivity contribution is 0.277. The number of imidazole rings is 2. The van der Waals surface area contributed by atoms with Gasteiger partial charge in [0.25, 0.3) is 0 Å². The highest BCUT2D eigenvalue weighted by Crippen LogP contribution is 2.40. The van der Waals surface area contributed by atoms with Crippen molar-refractivity contribution in [2.75, 3.05) is 0 Å². The molecule has 12 heteroatoms. The molecule has 0 aliphatic carbocycles. The summed E-state index contributed by atoms with van der Waals surface area (Å²) in [5, 5.41) is 0. The Bertz CT molecular complexity index is 1830. The number of aromatic nitrogens is 6. The standard InChI is InChI=1S/C14H4N6O6/c1-2-3-5(16-12(24)19-8(3)20(13(16)25)14(19)26)7-6-4(2)15-9(21)17(6)11(23)18(7)10(15)22/h8H,1H3. The Morgan fingerprint density at radius 2 is 1.12 bits per heavy atom. The Balaban J connectivity index is 1.98. The van der Waals surface area contributed by atoms with E-state index in [0.29, 0.717) is 11.1 Å². The topological polar surface area (TPSA) is 130 Å². The summed E-state index contributed by atoms with van der Waals surface area (Å²) in [7, 11) is 0. The van der Waals surface area contributed by atoms with Crippen LogP contribution in [0.5, 0.6) is 0 Å². The Morgan fingerprint density at radius 3 is 1.69 bits per heavy atom. The van der Waals surface area contributed by atoms with Gasteiger partial charge in [-0.15, -0.1) is 0 Å². The van der Waals surface area contributed by atoms with Gasteiger partial charge in [-0.2, -0.15) is 0 Å². The summed E-state index contributed by atoms with van der Waals surface area (Å²) < 4.78 is 5.23. The highest BCUT2D eigenvalue weighted by molar-refractivity contribution is 6.02. The fourth-order valence-corrected chi connectivity index (χ4v) is 4.70. The number of aryl methyl sites for hydroxylation is 1. The third-order valence-electron chi connectivity index (χ3n) is 5.68. The molecule has 0 amide bonds. The van der Waals surface area contributed by atoms with Crippen LogP contribution in [-0.4, -0.2) is 26.9 Å². The molecule has 4 aliphatic heterocycles. The van der Waals surface area contributed by atoms with Crippen molar-refractivity contribution in [3.8, 4) is 5.69 Å². The molecule has 10 bridgehead atoms. The minimum Gasteiger partial charge on any atom is -0.247 e. The lowest BCUT2D eigenvalue weighted by Gasteiger charge is -2.38. The highest BCUT2D eigenvalue weighted by atomic mass is 16.2. The minimum atomic E-state index is -0.916. The molecule has 0 spiro atoms. The summed E-state index contributed by atoms with van der Waals surface area (Å²) in [5.41, 5.74) is -3.26. The second kappa shape index (κ2) is 3.00. The van der Waals surface area contributed by atoms with Gasteiger partial charge in [0.15, 0.2) is 6.17 Å². The quantitative estimate of drug-likeness (QED) is 0.277. The second-order valence-corrected chi connectivity index (χ2v) is 6.58. The minimum absolute atomic E-state index is 0.0537. The molecule has 0 saturated heterocycles. The summed E-state index contributed by atoms with van der Waals surface area (Å²) in [5.74, 6) is 0. The number of benzene rings is 1. The van der Waals surface area contributed by atoms with Gasteiger partial charge in [0.1, 0.15) is 11.0 Å². The van der Waals surface area contributed by atoms with Crippen molar-refractivity contribution in [3.05, 3.63) is 74.0 Å². The summed E-state index contributed by atoms with van der Waals surface area (Å²) in [4.78, 5) is 74.6. The molecule has 126 valence electrons. The molecule has 0 radical (unpaired) electrons. The predicted octanol–water partition coefficient (Wildman–Crippen LogP) is -3.66. The molecule has 1 aromatic carbocycles. The molecule has 6 aromatic rings. The number of hydrogen-bond acceptors (Lipinski definition) is 6. The van der Waals surface area contributed by atoms with Gasteiger partial charge >= 0.3 is 34.1 Å². The summed E-state index contributed by atoms with van der Waals surface area (Å²) in [6, 6.07) is 0. The van der Waals surface area contributed by atoms with Crippen LogP contribution in [0.4, 0.5) is 0 Å². The second-order valence-electron chi connectivity index (χ2n) is 6.58. The first-order valence-electron chi connectivity index (χ1n) is 7.61. The van der Waals surface area contributed by atoms with Gasteiger partial charge in [-0.3, -0.25) is 0 Å². The average Bonchev–Trinajstić information content (AvgIpc) is 2.97.